The molecule has 114 valence electrons. The molecule has 1 saturated carbocycles. The third-order valence-electron chi connectivity index (χ3n) is 4.48. The predicted octanol–water partition coefficient (Wildman–Crippen LogP) is 0.879. The van der Waals surface area contributed by atoms with Gasteiger partial charge in [0.15, 0.2) is 0 Å². The number of piperidine rings is 1. The summed E-state index contributed by atoms with van der Waals surface area (Å²) in [6.45, 7) is 4.20. The van der Waals surface area contributed by atoms with Crippen LogP contribution < -0.4 is 11.1 Å². The molecule has 0 spiro atoms. The minimum atomic E-state index is 0.106. The molecular formula is C15H27N3O2. The van der Waals surface area contributed by atoms with Gasteiger partial charge in [-0.25, -0.2) is 0 Å². The van der Waals surface area contributed by atoms with Crippen LogP contribution in [-0.4, -0.2) is 42.4 Å². The number of nitrogens with two attached hydrogens (primary N) is 1. The Kier molecular flexibility index (Phi) is 5.40. The fourth-order valence-corrected chi connectivity index (χ4v) is 2.78. The summed E-state index contributed by atoms with van der Waals surface area (Å²) in [6.07, 6.45) is 5.35. The molecular weight excluding hydrogens is 254 g/mol. The van der Waals surface area contributed by atoms with Crippen molar-refractivity contribution in [2.75, 3.05) is 19.6 Å². The van der Waals surface area contributed by atoms with E-state index in [-0.39, 0.29) is 17.9 Å². The lowest BCUT2D eigenvalue weighted by Gasteiger charge is -2.32. The average molecular weight is 281 g/mol. The van der Waals surface area contributed by atoms with Crippen molar-refractivity contribution in [2.45, 2.75) is 51.5 Å². The fourth-order valence-electron chi connectivity index (χ4n) is 2.78. The highest BCUT2D eigenvalue weighted by Crippen LogP contribution is 2.31. The third kappa shape index (κ3) is 4.20. The van der Waals surface area contributed by atoms with E-state index in [9.17, 15) is 9.59 Å². The average Bonchev–Trinajstić information content (AvgIpc) is 3.29. The van der Waals surface area contributed by atoms with Crippen molar-refractivity contribution in [2.24, 2.45) is 17.6 Å². The second-order valence-electron chi connectivity index (χ2n) is 6.16. The van der Waals surface area contributed by atoms with Crippen molar-refractivity contribution in [3.05, 3.63) is 0 Å². The zero-order valence-electron chi connectivity index (χ0n) is 12.4. The maximum atomic E-state index is 11.9. The first kappa shape index (κ1) is 15.3. The molecule has 20 heavy (non-hydrogen) atoms. The summed E-state index contributed by atoms with van der Waals surface area (Å²) in [6, 6.07) is 0.223. The van der Waals surface area contributed by atoms with E-state index in [1.807, 2.05) is 4.90 Å². The van der Waals surface area contributed by atoms with Crippen LogP contribution in [0.5, 0.6) is 0 Å². The van der Waals surface area contributed by atoms with Gasteiger partial charge < -0.3 is 16.0 Å². The first-order chi connectivity index (χ1) is 9.63. The number of likely N-dealkylation sites (tertiary alicyclic amines) is 1. The van der Waals surface area contributed by atoms with Crippen LogP contribution in [0.4, 0.5) is 0 Å². The maximum absolute atomic E-state index is 11.9. The molecule has 1 heterocycles. The lowest BCUT2D eigenvalue weighted by atomic mass is 10.0. The minimum Gasteiger partial charge on any atom is -0.353 e. The number of carbonyl (C=O) groups is 2. The summed E-state index contributed by atoms with van der Waals surface area (Å²) in [5.41, 5.74) is 5.63. The standard InChI is InChI=1S/C15H27N3O2/c1-2-11(10-16)9-14(19)17-13-5-7-18(8-6-13)15(20)12-3-4-12/h11-13H,2-10,16H2,1H3,(H,17,19). The molecule has 0 aromatic heterocycles. The zero-order chi connectivity index (χ0) is 14.5. The van der Waals surface area contributed by atoms with Crippen LogP contribution in [0.2, 0.25) is 0 Å². The molecule has 5 heteroatoms. The summed E-state index contributed by atoms with van der Waals surface area (Å²) < 4.78 is 0. The number of rotatable bonds is 6. The number of carbonyl (C=O) groups excluding carboxylic acids is 2. The van der Waals surface area contributed by atoms with Gasteiger partial charge in [-0.3, -0.25) is 9.59 Å². The van der Waals surface area contributed by atoms with Crippen LogP contribution in [0.25, 0.3) is 0 Å². The van der Waals surface area contributed by atoms with E-state index in [2.05, 4.69) is 12.2 Å². The van der Waals surface area contributed by atoms with Gasteiger partial charge in [0.2, 0.25) is 11.8 Å². The van der Waals surface area contributed by atoms with Crippen molar-refractivity contribution in [1.29, 1.82) is 0 Å². The minimum absolute atomic E-state index is 0.106. The van der Waals surface area contributed by atoms with Crippen molar-refractivity contribution in [3.8, 4) is 0 Å². The van der Waals surface area contributed by atoms with E-state index >= 15 is 0 Å². The molecule has 1 atom stereocenters. The molecule has 0 radical (unpaired) electrons. The third-order valence-corrected chi connectivity index (χ3v) is 4.48. The van der Waals surface area contributed by atoms with Crippen molar-refractivity contribution in [3.63, 3.8) is 0 Å². The summed E-state index contributed by atoms with van der Waals surface area (Å²) >= 11 is 0. The lowest BCUT2D eigenvalue weighted by Crippen LogP contribution is -2.47. The number of hydrogen-bond acceptors (Lipinski definition) is 3. The van der Waals surface area contributed by atoms with E-state index in [0.29, 0.717) is 24.8 Å². The first-order valence-electron chi connectivity index (χ1n) is 7.92. The number of nitrogens with zero attached hydrogens (tertiary/aromatic N) is 1. The van der Waals surface area contributed by atoms with Crippen LogP contribution in [0.1, 0.15) is 45.4 Å². The van der Waals surface area contributed by atoms with Crippen LogP contribution >= 0.6 is 0 Å². The monoisotopic (exact) mass is 281 g/mol. The molecule has 2 aliphatic rings. The number of hydrogen-bond donors (Lipinski definition) is 2. The molecule has 0 aromatic rings. The molecule has 1 aliphatic heterocycles. The van der Waals surface area contributed by atoms with Gasteiger partial charge in [-0.2, -0.15) is 0 Å². The maximum Gasteiger partial charge on any atom is 0.225 e. The Morgan fingerprint density at radius 2 is 1.90 bits per heavy atom. The van der Waals surface area contributed by atoms with E-state index in [4.69, 9.17) is 5.73 Å². The SMILES string of the molecule is CCC(CN)CC(=O)NC1CCN(C(=O)C2CC2)CC1. The predicted molar refractivity (Wildman–Crippen MR) is 77.9 cm³/mol. The summed E-state index contributed by atoms with van der Waals surface area (Å²) in [5, 5.41) is 3.09. The highest BCUT2D eigenvalue weighted by atomic mass is 16.2. The molecule has 2 amide bonds. The normalized spacial score (nSPS) is 21.6. The fraction of sp³-hybridized carbons (Fsp3) is 0.867. The van der Waals surface area contributed by atoms with Gasteiger partial charge in [0, 0.05) is 31.5 Å². The van der Waals surface area contributed by atoms with E-state index in [0.717, 1.165) is 45.2 Å². The van der Waals surface area contributed by atoms with E-state index < -0.39 is 0 Å². The van der Waals surface area contributed by atoms with Crippen molar-refractivity contribution >= 4 is 11.8 Å². The lowest BCUT2D eigenvalue weighted by molar-refractivity contribution is -0.133. The van der Waals surface area contributed by atoms with Gasteiger partial charge in [0.25, 0.3) is 0 Å². The Hall–Kier alpha value is -1.10. The summed E-state index contributed by atoms with van der Waals surface area (Å²) in [4.78, 5) is 25.8. The smallest absolute Gasteiger partial charge is 0.225 e. The van der Waals surface area contributed by atoms with Gasteiger partial charge in [0.05, 0.1) is 0 Å². The largest absolute Gasteiger partial charge is 0.353 e. The Morgan fingerprint density at radius 1 is 1.25 bits per heavy atom. The second kappa shape index (κ2) is 7.07. The van der Waals surface area contributed by atoms with Crippen LogP contribution in [0.15, 0.2) is 0 Å². The topological polar surface area (TPSA) is 75.4 Å². The van der Waals surface area contributed by atoms with Gasteiger partial charge in [0.1, 0.15) is 0 Å². The zero-order valence-corrected chi connectivity index (χ0v) is 12.4. The number of amides is 2. The van der Waals surface area contributed by atoms with Crippen molar-refractivity contribution in [1.82, 2.24) is 10.2 Å². The van der Waals surface area contributed by atoms with Gasteiger partial charge >= 0.3 is 0 Å². The molecule has 1 aliphatic carbocycles. The van der Waals surface area contributed by atoms with Crippen LogP contribution in [0.3, 0.4) is 0 Å². The number of nitrogens with one attached hydrogen (secondary N) is 1. The van der Waals surface area contributed by atoms with Crippen LogP contribution in [-0.2, 0) is 9.59 Å². The Morgan fingerprint density at radius 3 is 2.40 bits per heavy atom. The highest BCUT2D eigenvalue weighted by Gasteiger charge is 2.35. The first-order valence-corrected chi connectivity index (χ1v) is 7.92. The highest BCUT2D eigenvalue weighted by molar-refractivity contribution is 5.81. The molecule has 1 unspecified atom stereocenters. The van der Waals surface area contributed by atoms with Gasteiger partial charge in [-0.1, -0.05) is 13.3 Å². The van der Waals surface area contributed by atoms with E-state index in [1.54, 1.807) is 0 Å². The summed E-state index contributed by atoms with van der Waals surface area (Å²) in [7, 11) is 0. The molecule has 2 fully saturated rings. The molecule has 5 nitrogen and oxygen atoms in total. The van der Waals surface area contributed by atoms with Crippen LogP contribution in [0, 0.1) is 11.8 Å². The van der Waals surface area contributed by atoms with E-state index in [1.165, 1.54) is 0 Å². The molecule has 0 bridgehead atoms. The van der Waals surface area contributed by atoms with Gasteiger partial charge in [-0.05, 0) is 38.1 Å². The van der Waals surface area contributed by atoms with Crippen molar-refractivity contribution < 1.29 is 9.59 Å². The Balaban J connectivity index is 1.68. The molecule has 2 rings (SSSR count). The quantitative estimate of drug-likeness (QED) is 0.759. The molecule has 0 aromatic carbocycles. The van der Waals surface area contributed by atoms with Gasteiger partial charge in [-0.15, -0.1) is 0 Å². The molecule has 1 saturated heterocycles. The Bertz CT molecular complexity index is 343. The molecule has 3 N–H and O–H groups in total. The summed E-state index contributed by atoms with van der Waals surface area (Å²) in [5.74, 6) is 1.01. The second-order valence-corrected chi connectivity index (χ2v) is 6.16. The Labute approximate surface area is 121 Å².